The molecule has 11 heteroatoms. The third-order valence-electron chi connectivity index (χ3n) is 4.03. The zero-order valence-corrected chi connectivity index (χ0v) is 18.5. The Kier molecular flexibility index (Phi) is 11.7. The molecule has 0 bridgehead atoms. The predicted octanol–water partition coefficient (Wildman–Crippen LogP) is 0.965. The average molecular weight is 451 g/mol. The van der Waals surface area contributed by atoms with E-state index in [0.717, 1.165) is 12.8 Å². The first-order chi connectivity index (χ1) is 14.1. The van der Waals surface area contributed by atoms with Crippen LogP contribution in [0.15, 0.2) is 0 Å². The Balaban J connectivity index is 3.13. The van der Waals surface area contributed by atoms with Gasteiger partial charge in [-0.2, -0.15) is 0 Å². The summed E-state index contributed by atoms with van der Waals surface area (Å²) in [7, 11) is 0. The van der Waals surface area contributed by atoms with Crippen LogP contribution in [0.5, 0.6) is 0 Å². The van der Waals surface area contributed by atoms with Gasteiger partial charge in [0.2, 0.25) is 0 Å². The zero-order valence-electron chi connectivity index (χ0n) is 17.7. The van der Waals surface area contributed by atoms with E-state index in [1.165, 1.54) is 39.5 Å². The summed E-state index contributed by atoms with van der Waals surface area (Å²) in [6, 6.07) is 0. The van der Waals surface area contributed by atoms with Gasteiger partial charge in [0.1, 0.15) is 18.1 Å². The second-order valence-corrected chi connectivity index (χ2v) is 7.93. The Morgan fingerprint density at radius 2 is 1.37 bits per heavy atom. The molecule has 1 aliphatic rings. The van der Waals surface area contributed by atoms with Crippen LogP contribution in [0.4, 0.5) is 0 Å². The topological polar surface area (TPSA) is 135 Å². The number of carbonyl (C=O) groups is 4. The summed E-state index contributed by atoms with van der Waals surface area (Å²) < 4.78 is 27.1. The number of unbranched alkanes of at least 4 members (excludes halogenated alkanes) is 2. The first kappa shape index (κ1) is 26.2. The van der Waals surface area contributed by atoms with Crippen LogP contribution >= 0.6 is 11.8 Å². The molecule has 1 fully saturated rings. The molecule has 0 radical (unpaired) electrons. The smallest absolute Gasteiger partial charge is 0.303 e. The number of thioether (sulfide) groups is 1. The standard InChI is InChI=1S/C19H30O10S/c1-11(21)25-10-15-16(26-12(2)22)17(27-13(3)23)18(28-14(4)24)19(29-15)30-9-7-5-6-8-20/h15-20H,5-10H2,1-4H3/t15-,16-,17+,18+,19-/m1/s1. The Morgan fingerprint density at radius 1 is 0.800 bits per heavy atom. The fraction of sp³-hybridized carbons (Fsp3) is 0.789. The maximum atomic E-state index is 11.7. The number of aliphatic hydroxyl groups excluding tert-OH is 1. The quantitative estimate of drug-likeness (QED) is 0.274. The highest BCUT2D eigenvalue weighted by Crippen LogP contribution is 2.34. The van der Waals surface area contributed by atoms with Crippen molar-refractivity contribution in [3.8, 4) is 0 Å². The molecule has 172 valence electrons. The highest BCUT2D eigenvalue weighted by molar-refractivity contribution is 7.99. The van der Waals surface area contributed by atoms with Crippen molar-refractivity contribution in [2.24, 2.45) is 0 Å². The highest BCUT2D eigenvalue weighted by Gasteiger charge is 2.52. The molecule has 1 rings (SSSR count). The summed E-state index contributed by atoms with van der Waals surface area (Å²) in [4.78, 5) is 46.3. The van der Waals surface area contributed by atoms with Crippen molar-refractivity contribution in [3.05, 3.63) is 0 Å². The first-order valence-corrected chi connectivity index (χ1v) is 10.7. The van der Waals surface area contributed by atoms with Gasteiger partial charge in [-0.25, -0.2) is 0 Å². The van der Waals surface area contributed by atoms with E-state index >= 15 is 0 Å². The number of esters is 4. The summed E-state index contributed by atoms with van der Waals surface area (Å²) in [6.45, 7) is 4.66. The van der Waals surface area contributed by atoms with Gasteiger partial charge in [0.25, 0.3) is 0 Å². The molecular weight excluding hydrogens is 420 g/mol. The molecule has 0 aromatic carbocycles. The molecule has 5 atom stereocenters. The number of carbonyl (C=O) groups excluding carboxylic acids is 4. The third kappa shape index (κ3) is 9.31. The van der Waals surface area contributed by atoms with Crippen molar-refractivity contribution < 1.29 is 48.0 Å². The fourth-order valence-electron chi connectivity index (χ4n) is 2.91. The van der Waals surface area contributed by atoms with Crippen LogP contribution in [0, 0.1) is 0 Å². The molecule has 10 nitrogen and oxygen atoms in total. The lowest BCUT2D eigenvalue weighted by atomic mass is 9.99. The lowest BCUT2D eigenvalue weighted by Crippen LogP contribution is -2.61. The van der Waals surface area contributed by atoms with Gasteiger partial charge in [-0.1, -0.05) is 6.42 Å². The Morgan fingerprint density at radius 3 is 1.90 bits per heavy atom. The summed E-state index contributed by atoms with van der Waals surface area (Å²) in [5.74, 6) is -1.88. The third-order valence-corrected chi connectivity index (χ3v) is 5.27. The largest absolute Gasteiger partial charge is 0.463 e. The molecule has 0 unspecified atom stereocenters. The average Bonchev–Trinajstić information content (AvgIpc) is 2.63. The Labute approximate surface area is 179 Å². The number of hydrogen-bond donors (Lipinski definition) is 1. The van der Waals surface area contributed by atoms with Gasteiger partial charge >= 0.3 is 23.9 Å². The number of aliphatic hydroxyl groups is 1. The van der Waals surface area contributed by atoms with Crippen LogP contribution in [-0.4, -0.2) is 77.8 Å². The van der Waals surface area contributed by atoms with Crippen molar-refractivity contribution in [1.29, 1.82) is 0 Å². The molecule has 1 N–H and O–H groups in total. The molecule has 0 aromatic rings. The molecule has 1 aliphatic heterocycles. The van der Waals surface area contributed by atoms with E-state index in [-0.39, 0.29) is 13.2 Å². The van der Waals surface area contributed by atoms with Crippen molar-refractivity contribution in [2.45, 2.75) is 76.8 Å². The number of rotatable bonds is 11. The second-order valence-electron chi connectivity index (χ2n) is 6.72. The molecule has 0 aliphatic carbocycles. The van der Waals surface area contributed by atoms with Gasteiger partial charge in [-0.3, -0.25) is 19.2 Å². The predicted molar refractivity (Wildman–Crippen MR) is 105 cm³/mol. The molecule has 0 amide bonds. The van der Waals surface area contributed by atoms with E-state index in [9.17, 15) is 19.2 Å². The molecular formula is C19H30O10S. The van der Waals surface area contributed by atoms with Gasteiger partial charge in [0, 0.05) is 34.3 Å². The highest BCUT2D eigenvalue weighted by atomic mass is 32.2. The summed E-state index contributed by atoms with van der Waals surface area (Å²) >= 11 is 1.33. The van der Waals surface area contributed by atoms with Crippen molar-refractivity contribution in [2.75, 3.05) is 19.0 Å². The van der Waals surface area contributed by atoms with Gasteiger partial charge in [0.15, 0.2) is 18.3 Å². The second kappa shape index (κ2) is 13.5. The maximum Gasteiger partial charge on any atom is 0.303 e. The number of ether oxygens (including phenoxy) is 5. The Bertz CT molecular complexity index is 596. The van der Waals surface area contributed by atoms with Gasteiger partial charge in [0.05, 0.1) is 0 Å². The van der Waals surface area contributed by atoms with E-state index in [2.05, 4.69) is 0 Å². The fourth-order valence-corrected chi connectivity index (χ4v) is 4.14. The van der Waals surface area contributed by atoms with Crippen molar-refractivity contribution >= 4 is 35.6 Å². The molecule has 30 heavy (non-hydrogen) atoms. The Hall–Kier alpha value is -1.85. The summed E-state index contributed by atoms with van der Waals surface area (Å²) in [5, 5.41) is 8.89. The van der Waals surface area contributed by atoms with Crippen LogP contribution in [0.2, 0.25) is 0 Å². The van der Waals surface area contributed by atoms with Crippen LogP contribution in [0.25, 0.3) is 0 Å². The normalized spacial score (nSPS) is 25.8. The van der Waals surface area contributed by atoms with Crippen LogP contribution in [0.3, 0.4) is 0 Å². The molecule has 1 heterocycles. The summed E-state index contributed by atoms with van der Waals surface area (Å²) in [6.07, 6.45) is -2.00. The maximum absolute atomic E-state index is 11.7. The van der Waals surface area contributed by atoms with E-state index in [1.54, 1.807) is 0 Å². The molecule has 1 saturated heterocycles. The SMILES string of the molecule is CC(=O)OC[C@H]1O[C@H](SCCCCCO)[C@@H](OC(C)=O)[C@@H](OC(C)=O)[C@@H]1OC(C)=O. The van der Waals surface area contributed by atoms with E-state index < -0.39 is 53.7 Å². The van der Waals surface area contributed by atoms with Crippen LogP contribution in [-0.2, 0) is 42.9 Å². The molecule has 0 spiro atoms. The zero-order chi connectivity index (χ0) is 22.7. The van der Waals surface area contributed by atoms with E-state index in [1.807, 2.05) is 0 Å². The minimum absolute atomic E-state index is 0.101. The van der Waals surface area contributed by atoms with Gasteiger partial charge in [-0.05, 0) is 18.6 Å². The van der Waals surface area contributed by atoms with Crippen LogP contribution < -0.4 is 0 Å². The van der Waals surface area contributed by atoms with Crippen molar-refractivity contribution in [1.82, 2.24) is 0 Å². The van der Waals surface area contributed by atoms with E-state index in [0.29, 0.717) is 12.2 Å². The minimum Gasteiger partial charge on any atom is -0.463 e. The van der Waals surface area contributed by atoms with Crippen LogP contribution in [0.1, 0.15) is 47.0 Å². The lowest BCUT2D eigenvalue weighted by molar-refractivity contribution is -0.237. The van der Waals surface area contributed by atoms with Crippen molar-refractivity contribution in [3.63, 3.8) is 0 Å². The van der Waals surface area contributed by atoms with Gasteiger partial charge < -0.3 is 28.8 Å². The molecule has 0 aromatic heterocycles. The monoisotopic (exact) mass is 450 g/mol. The van der Waals surface area contributed by atoms with E-state index in [4.69, 9.17) is 28.8 Å². The summed E-state index contributed by atoms with van der Waals surface area (Å²) in [5.41, 5.74) is -0.750. The first-order valence-electron chi connectivity index (χ1n) is 9.68. The van der Waals surface area contributed by atoms with Gasteiger partial charge in [-0.15, -0.1) is 11.8 Å². The molecule has 0 saturated carbocycles. The lowest BCUT2D eigenvalue weighted by Gasteiger charge is -2.44. The minimum atomic E-state index is -1.14. The number of hydrogen-bond acceptors (Lipinski definition) is 11.